The summed E-state index contributed by atoms with van der Waals surface area (Å²) >= 11 is 0. The molecule has 0 saturated carbocycles. The van der Waals surface area contributed by atoms with E-state index in [2.05, 4.69) is 0 Å². The van der Waals surface area contributed by atoms with Crippen molar-refractivity contribution in [2.45, 2.75) is 5.41 Å². The molecule has 0 aromatic heterocycles. The van der Waals surface area contributed by atoms with Crippen LogP contribution in [0.4, 0.5) is 5.69 Å². The molecule has 2 aromatic carbocycles. The molecule has 3 rings (SSSR count). The number of likely N-dealkylation sites (N-methyl/N-ethyl adjacent to an activating group) is 1. The Morgan fingerprint density at radius 3 is 2.32 bits per heavy atom. The van der Waals surface area contributed by atoms with Gasteiger partial charge in [0.2, 0.25) is 5.91 Å². The summed E-state index contributed by atoms with van der Waals surface area (Å²) in [5.41, 5.74) is 1.40. The highest BCUT2D eigenvalue weighted by atomic mass is 32.2. The van der Waals surface area contributed by atoms with Gasteiger partial charge in [-0.15, -0.1) is 0 Å². The Morgan fingerprint density at radius 2 is 1.68 bits per heavy atom. The molecule has 0 saturated heterocycles. The van der Waals surface area contributed by atoms with Gasteiger partial charge in [-0.2, -0.15) is 0 Å². The van der Waals surface area contributed by atoms with Gasteiger partial charge in [-0.25, -0.2) is 0 Å². The number of nitrogens with zero attached hydrogens (tertiary/aromatic N) is 1. The van der Waals surface area contributed by atoms with Gasteiger partial charge in [0.25, 0.3) is 0 Å². The van der Waals surface area contributed by atoms with Crippen molar-refractivity contribution in [2.75, 3.05) is 24.0 Å². The minimum atomic E-state index is -2.86. The van der Waals surface area contributed by atoms with Crippen LogP contribution in [0.25, 0.3) is 0 Å². The number of hydrogen-bond acceptors (Lipinski definition) is 3. The smallest absolute Gasteiger partial charge is 0.242 e. The van der Waals surface area contributed by atoms with Crippen LogP contribution >= 0.6 is 0 Å². The zero-order chi connectivity index (χ0) is 16.0. The Labute approximate surface area is 130 Å². The second-order valence-electron chi connectivity index (χ2n) is 5.80. The Bertz CT molecular complexity index is 831. The van der Waals surface area contributed by atoms with Crippen LogP contribution in [0, 0.1) is 4.78 Å². The molecular weight excluding hydrogens is 296 g/mol. The number of benzene rings is 2. The monoisotopic (exact) mass is 314 g/mol. The van der Waals surface area contributed by atoms with Gasteiger partial charge in [0.05, 0.1) is 5.75 Å². The van der Waals surface area contributed by atoms with Crippen LogP contribution in [0.1, 0.15) is 11.1 Å². The quantitative estimate of drug-likeness (QED) is 0.946. The van der Waals surface area contributed by atoms with Crippen molar-refractivity contribution >= 4 is 21.3 Å². The lowest BCUT2D eigenvalue weighted by molar-refractivity contribution is -0.121. The lowest BCUT2D eigenvalue weighted by Gasteiger charge is -2.29. The van der Waals surface area contributed by atoms with Gasteiger partial charge in [0, 0.05) is 28.7 Å². The largest absolute Gasteiger partial charge is 0.314 e. The highest BCUT2D eigenvalue weighted by Gasteiger charge is 2.52. The van der Waals surface area contributed by atoms with E-state index in [4.69, 9.17) is 4.78 Å². The summed E-state index contributed by atoms with van der Waals surface area (Å²) in [6.07, 6.45) is 1.39. The molecule has 4 nitrogen and oxygen atoms in total. The first kappa shape index (κ1) is 14.8. The molecule has 0 unspecified atom stereocenters. The van der Waals surface area contributed by atoms with E-state index in [0.717, 1.165) is 16.8 Å². The fourth-order valence-corrected chi connectivity index (χ4v) is 4.55. The number of amides is 1. The summed E-state index contributed by atoms with van der Waals surface area (Å²) in [5, 5.41) is 0. The molecule has 0 fully saturated rings. The second kappa shape index (κ2) is 4.95. The van der Waals surface area contributed by atoms with E-state index < -0.39 is 15.1 Å². The van der Waals surface area contributed by atoms with Crippen LogP contribution in [-0.4, -0.2) is 29.2 Å². The van der Waals surface area contributed by atoms with Gasteiger partial charge in [0.15, 0.2) is 0 Å². The number of anilines is 1. The van der Waals surface area contributed by atoms with Crippen LogP contribution in [0.2, 0.25) is 0 Å². The third-order valence-corrected chi connectivity index (χ3v) is 5.14. The van der Waals surface area contributed by atoms with Crippen molar-refractivity contribution < 1.29 is 9.00 Å². The molecule has 114 valence electrons. The van der Waals surface area contributed by atoms with Crippen LogP contribution in [-0.2, 0) is 19.9 Å². The zero-order valence-electron chi connectivity index (χ0n) is 12.6. The minimum Gasteiger partial charge on any atom is -0.314 e. The van der Waals surface area contributed by atoms with Crippen molar-refractivity contribution in [3.05, 3.63) is 65.7 Å². The maximum Gasteiger partial charge on any atom is 0.242 e. The fraction of sp³-hybridized carbons (Fsp3) is 0.235. The number of fused-ring (bicyclic) bond motifs is 1. The Hall–Kier alpha value is -2.14. The number of hydrogen-bond donors (Lipinski definition) is 1. The molecule has 1 aliphatic rings. The number of rotatable bonds is 3. The van der Waals surface area contributed by atoms with Gasteiger partial charge in [0.1, 0.15) is 5.41 Å². The van der Waals surface area contributed by atoms with Gasteiger partial charge in [-0.1, -0.05) is 48.5 Å². The lowest BCUT2D eigenvalue weighted by Crippen LogP contribution is -2.44. The number of nitrogens with one attached hydrogen (secondary N) is 1. The fourth-order valence-electron chi connectivity index (χ4n) is 3.28. The predicted octanol–water partition coefficient (Wildman–Crippen LogP) is 2.63. The molecule has 5 heteroatoms. The first-order valence-electron chi connectivity index (χ1n) is 7.01. The highest BCUT2D eigenvalue weighted by molar-refractivity contribution is 7.91. The molecule has 0 spiro atoms. The van der Waals surface area contributed by atoms with Gasteiger partial charge in [-0.05, 0) is 17.2 Å². The Kier molecular flexibility index (Phi) is 3.33. The lowest BCUT2D eigenvalue weighted by atomic mass is 9.77. The zero-order valence-corrected chi connectivity index (χ0v) is 13.4. The standard InChI is InChI=1S/C17H18N2O2S/c1-19-15-11-7-6-10-14(15)17(16(19)20,12-22(2,18)21)13-8-4-3-5-9-13/h3-11,18H,12H2,1-2H3/t17-,22-/m0/s1. The molecule has 0 aliphatic carbocycles. The van der Waals surface area contributed by atoms with Gasteiger partial charge < -0.3 is 4.90 Å². The average Bonchev–Trinajstić information content (AvgIpc) is 2.70. The molecule has 1 heterocycles. The molecule has 2 atom stereocenters. The summed E-state index contributed by atoms with van der Waals surface area (Å²) in [6.45, 7) is 0. The van der Waals surface area contributed by atoms with Crippen molar-refractivity contribution in [1.29, 1.82) is 4.78 Å². The van der Waals surface area contributed by atoms with Crippen LogP contribution in [0.15, 0.2) is 54.6 Å². The van der Waals surface area contributed by atoms with E-state index in [9.17, 15) is 9.00 Å². The van der Waals surface area contributed by atoms with Gasteiger partial charge in [-0.3, -0.25) is 13.8 Å². The third-order valence-electron chi connectivity index (χ3n) is 4.15. The predicted molar refractivity (Wildman–Crippen MR) is 88.7 cm³/mol. The molecule has 1 aliphatic heterocycles. The van der Waals surface area contributed by atoms with E-state index in [1.165, 1.54) is 6.26 Å². The van der Waals surface area contributed by atoms with E-state index >= 15 is 0 Å². The molecule has 2 aromatic rings. The van der Waals surface area contributed by atoms with E-state index in [1.807, 2.05) is 54.6 Å². The van der Waals surface area contributed by atoms with Crippen LogP contribution < -0.4 is 4.90 Å². The summed E-state index contributed by atoms with van der Waals surface area (Å²) in [7, 11) is -1.13. The first-order valence-corrected chi connectivity index (χ1v) is 9.14. The maximum absolute atomic E-state index is 13.1. The van der Waals surface area contributed by atoms with Crippen molar-refractivity contribution in [3.63, 3.8) is 0 Å². The second-order valence-corrected chi connectivity index (χ2v) is 8.10. The Morgan fingerprint density at radius 1 is 1.09 bits per heavy atom. The first-order chi connectivity index (χ1) is 10.4. The normalized spacial score (nSPS) is 23.2. The maximum atomic E-state index is 13.1. The summed E-state index contributed by atoms with van der Waals surface area (Å²) in [4.78, 5) is 14.7. The number of carbonyl (C=O) groups excluding carboxylic acids is 1. The van der Waals surface area contributed by atoms with E-state index in [-0.39, 0.29) is 11.7 Å². The van der Waals surface area contributed by atoms with Crippen LogP contribution in [0.5, 0.6) is 0 Å². The minimum absolute atomic E-state index is 0.00972. The molecule has 1 N–H and O–H groups in total. The number of carbonyl (C=O) groups is 1. The molecule has 0 radical (unpaired) electrons. The summed E-state index contributed by atoms with van der Waals surface area (Å²) in [5.74, 6) is -0.133. The Balaban J connectivity index is 2.34. The van der Waals surface area contributed by atoms with E-state index in [0.29, 0.717) is 0 Å². The van der Waals surface area contributed by atoms with Crippen molar-refractivity contribution in [2.24, 2.45) is 0 Å². The summed E-state index contributed by atoms with van der Waals surface area (Å²) < 4.78 is 20.2. The molecule has 22 heavy (non-hydrogen) atoms. The van der Waals surface area contributed by atoms with Crippen molar-refractivity contribution in [1.82, 2.24) is 0 Å². The summed E-state index contributed by atoms with van der Waals surface area (Å²) in [6, 6.07) is 16.9. The van der Waals surface area contributed by atoms with Crippen molar-refractivity contribution in [3.8, 4) is 0 Å². The third kappa shape index (κ3) is 2.13. The van der Waals surface area contributed by atoms with Gasteiger partial charge >= 0.3 is 0 Å². The molecular formula is C17H18N2O2S. The SMILES string of the molecule is CN1C(=O)[C@@](C[S@@](C)(=N)=O)(c2ccccc2)c2ccccc21. The number of para-hydroxylation sites is 1. The van der Waals surface area contributed by atoms with Crippen LogP contribution in [0.3, 0.4) is 0 Å². The highest BCUT2D eigenvalue weighted by Crippen LogP contribution is 2.46. The van der Waals surface area contributed by atoms with E-state index in [1.54, 1.807) is 11.9 Å². The molecule has 1 amide bonds. The molecule has 0 bridgehead atoms. The topological polar surface area (TPSA) is 61.2 Å². The average molecular weight is 314 g/mol.